The van der Waals surface area contributed by atoms with E-state index in [0.717, 1.165) is 5.56 Å². The number of pyridine rings is 1. The molecule has 0 radical (unpaired) electrons. The minimum absolute atomic E-state index is 0.318. The van der Waals surface area contributed by atoms with E-state index < -0.39 is 0 Å². The van der Waals surface area contributed by atoms with E-state index in [0.29, 0.717) is 22.8 Å². The second-order valence-corrected chi connectivity index (χ2v) is 4.45. The molecule has 0 aliphatic heterocycles. The molecule has 1 heterocycles. The van der Waals surface area contributed by atoms with E-state index in [9.17, 15) is 4.79 Å². The number of nitrogens with zero attached hydrogens (tertiary/aromatic N) is 1. The molecule has 3 nitrogen and oxygen atoms in total. The topological polar surface area (TPSA) is 39.2 Å². The monoisotopic (exact) mass is 287 g/mol. The second kappa shape index (κ2) is 6.87. The third-order valence-corrected chi connectivity index (χ3v) is 3.02. The number of carbonyl (C=O) groups is 1. The molecular weight excluding hydrogens is 274 g/mol. The van der Waals surface area contributed by atoms with E-state index >= 15 is 0 Å². The molecule has 0 atom stereocenters. The first-order chi connectivity index (χ1) is 9.72. The van der Waals surface area contributed by atoms with Crippen molar-refractivity contribution >= 4 is 29.2 Å². The van der Waals surface area contributed by atoms with Crippen LogP contribution in [-0.4, -0.2) is 17.6 Å². The van der Waals surface area contributed by atoms with Crippen molar-refractivity contribution in [3.8, 4) is 0 Å². The lowest BCUT2D eigenvalue weighted by atomic mass is 10.0. The maximum absolute atomic E-state index is 12.1. The molecule has 1 aromatic heterocycles. The van der Waals surface area contributed by atoms with Gasteiger partial charge in [0, 0.05) is 23.0 Å². The Morgan fingerprint density at radius 3 is 2.75 bits per heavy atom. The van der Waals surface area contributed by atoms with Crippen LogP contribution in [0.4, 0.5) is 0 Å². The Balaban J connectivity index is 2.47. The Morgan fingerprint density at radius 2 is 2.10 bits per heavy atom. The average Bonchev–Trinajstić information content (AvgIpc) is 2.47. The number of ether oxygens (including phenoxy) is 1. The minimum atomic E-state index is -0.389. The Labute approximate surface area is 122 Å². The first-order valence-electron chi connectivity index (χ1n) is 6.26. The van der Waals surface area contributed by atoms with Crippen LogP contribution in [0.1, 0.15) is 18.1 Å². The first-order valence-corrected chi connectivity index (χ1v) is 6.64. The van der Waals surface area contributed by atoms with Crippen LogP contribution in [0.3, 0.4) is 0 Å². The van der Waals surface area contributed by atoms with Gasteiger partial charge in [-0.2, -0.15) is 0 Å². The highest BCUT2D eigenvalue weighted by Gasteiger charge is 2.14. The fraction of sp³-hybridized carbons (Fsp3) is 0.125. The van der Waals surface area contributed by atoms with E-state index in [1.54, 1.807) is 37.5 Å². The molecule has 2 rings (SSSR count). The Hall–Kier alpha value is -2.13. The Bertz CT molecular complexity index is 623. The van der Waals surface area contributed by atoms with Gasteiger partial charge in [-0.3, -0.25) is 4.98 Å². The van der Waals surface area contributed by atoms with Crippen molar-refractivity contribution in [1.29, 1.82) is 0 Å². The maximum atomic E-state index is 12.1. The fourth-order valence-corrected chi connectivity index (χ4v) is 1.93. The van der Waals surface area contributed by atoms with Crippen LogP contribution in [0.5, 0.6) is 0 Å². The fourth-order valence-electron chi connectivity index (χ4n) is 1.74. The predicted molar refractivity (Wildman–Crippen MR) is 80.2 cm³/mol. The van der Waals surface area contributed by atoms with E-state index in [1.165, 1.54) is 0 Å². The van der Waals surface area contributed by atoms with Gasteiger partial charge in [0.15, 0.2) is 0 Å². The van der Waals surface area contributed by atoms with E-state index in [4.69, 9.17) is 16.3 Å². The molecule has 0 saturated carbocycles. The van der Waals surface area contributed by atoms with Crippen LogP contribution in [-0.2, 0) is 9.53 Å². The number of carbonyl (C=O) groups excluding carboxylic acids is 1. The molecule has 2 aromatic rings. The Kier molecular flexibility index (Phi) is 4.91. The molecule has 0 aliphatic rings. The summed E-state index contributed by atoms with van der Waals surface area (Å²) in [6.07, 6.45) is 5.00. The van der Waals surface area contributed by atoms with Gasteiger partial charge in [0.05, 0.1) is 12.2 Å². The zero-order valence-corrected chi connectivity index (χ0v) is 11.8. The molecular formula is C16H14ClNO2. The number of hydrogen-bond donors (Lipinski definition) is 0. The summed E-state index contributed by atoms with van der Waals surface area (Å²) in [5, 5.41) is 0.582. The van der Waals surface area contributed by atoms with Gasteiger partial charge >= 0.3 is 5.97 Å². The molecule has 20 heavy (non-hydrogen) atoms. The van der Waals surface area contributed by atoms with Gasteiger partial charge in [0.2, 0.25) is 0 Å². The largest absolute Gasteiger partial charge is 0.462 e. The van der Waals surface area contributed by atoms with Gasteiger partial charge < -0.3 is 4.74 Å². The first kappa shape index (κ1) is 14.3. The zero-order chi connectivity index (χ0) is 14.4. The van der Waals surface area contributed by atoms with Crippen LogP contribution in [0.15, 0.2) is 48.8 Å². The van der Waals surface area contributed by atoms with Crippen LogP contribution in [0.2, 0.25) is 5.02 Å². The third kappa shape index (κ3) is 3.45. The highest BCUT2D eigenvalue weighted by atomic mass is 35.5. The van der Waals surface area contributed by atoms with Crippen molar-refractivity contribution in [2.45, 2.75) is 6.92 Å². The predicted octanol–water partition coefficient (Wildman–Crippen LogP) is 3.84. The van der Waals surface area contributed by atoms with E-state index in [-0.39, 0.29) is 5.97 Å². The maximum Gasteiger partial charge on any atom is 0.338 e. The molecule has 0 amide bonds. The molecule has 4 heteroatoms. The summed E-state index contributed by atoms with van der Waals surface area (Å²) in [5.74, 6) is -0.389. The van der Waals surface area contributed by atoms with Gasteiger partial charge in [-0.05, 0) is 30.7 Å². The molecule has 0 aliphatic carbocycles. The molecule has 0 unspecified atom stereocenters. The second-order valence-electron chi connectivity index (χ2n) is 4.04. The van der Waals surface area contributed by atoms with Gasteiger partial charge in [0.1, 0.15) is 0 Å². The van der Waals surface area contributed by atoms with Crippen LogP contribution < -0.4 is 0 Å². The van der Waals surface area contributed by atoms with Crippen LogP contribution in [0.25, 0.3) is 11.6 Å². The van der Waals surface area contributed by atoms with Crippen molar-refractivity contribution in [2.24, 2.45) is 0 Å². The number of benzene rings is 1. The normalized spacial score (nSPS) is 11.2. The van der Waals surface area contributed by atoms with Crippen molar-refractivity contribution < 1.29 is 9.53 Å². The van der Waals surface area contributed by atoms with Crippen molar-refractivity contribution in [3.05, 3.63) is 64.9 Å². The number of esters is 1. The molecule has 0 N–H and O–H groups in total. The zero-order valence-electron chi connectivity index (χ0n) is 11.0. The lowest BCUT2D eigenvalue weighted by Gasteiger charge is -2.07. The average molecular weight is 288 g/mol. The van der Waals surface area contributed by atoms with E-state index in [1.807, 2.05) is 24.3 Å². The molecule has 0 saturated heterocycles. The van der Waals surface area contributed by atoms with Crippen molar-refractivity contribution in [3.63, 3.8) is 0 Å². The van der Waals surface area contributed by atoms with Crippen molar-refractivity contribution in [2.75, 3.05) is 6.61 Å². The smallest absolute Gasteiger partial charge is 0.338 e. The summed E-state index contributed by atoms with van der Waals surface area (Å²) in [7, 11) is 0. The Morgan fingerprint density at radius 1 is 1.30 bits per heavy atom. The van der Waals surface area contributed by atoms with Gasteiger partial charge in [-0.1, -0.05) is 35.9 Å². The number of rotatable bonds is 4. The number of hydrogen-bond acceptors (Lipinski definition) is 3. The highest BCUT2D eigenvalue weighted by molar-refractivity contribution is 6.33. The number of aromatic nitrogens is 1. The molecule has 1 aromatic carbocycles. The van der Waals surface area contributed by atoms with Gasteiger partial charge in [-0.15, -0.1) is 0 Å². The lowest BCUT2D eigenvalue weighted by Crippen LogP contribution is -2.07. The standard InChI is InChI=1S/C16H14ClNO2/c1-2-20-16(19)14(13-7-5-9-18-11-13)10-12-6-3-4-8-15(12)17/h3-11H,2H2,1H3/b14-10+. The summed E-state index contributed by atoms with van der Waals surface area (Å²) in [5.41, 5.74) is 1.90. The summed E-state index contributed by atoms with van der Waals surface area (Å²) < 4.78 is 5.09. The SMILES string of the molecule is CCOC(=O)/C(=C/c1ccccc1Cl)c1cccnc1. The summed E-state index contributed by atoms with van der Waals surface area (Å²) >= 11 is 6.13. The molecule has 102 valence electrons. The minimum Gasteiger partial charge on any atom is -0.462 e. The molecule has 0 bridgehead atoms. The quantitative estimate of drug-likeness (QED) is 0.633. The summed E-state index contributed by atoms with van der Waals surface area (Å²) in [6.45, 7) is 2.09. The van der Waals surface area contributed by atoms with Crippen LogP contribution in [0, 0.1) is 0 Å². The van der Waals surface area contributed by atoms with Gasteiger partial charge in [0.25, 0.3) is 0 Å². The lowest BCUT2D eigenvalue weighted by molar-refractivity contribution is -0.136. The van der Waals surface area contributed by atoms with E-state index in [2.05, 4.69) is 4.98 Å². The number of halogens is 1. The summed E-state index contributed by atoms with van der Waals surface area (Å²) in [4.78, 5) is 16.1. The molecule has 0 fully saturated rings. The summed E-state index contributed by atoms with van der Waals surface area (Å²) in [6, 6.07) is 10.9. The van der Waals surface area contributed by atoms with Crippen molar-refractivity contribution in [1.82, 2.24) is 4.98 Å². The third-order valence-electron chi connectivity index (χ3n) is 2.67. The van der Waals surface area contributed by atoms with Gasteiger partial charge in [-0.25, -0.2) is 4.79 Å². The molecule has 0 spiro atoms. The van der Waals surface area contributed by atoms with Crippen LogP contribution >= 0.6 is 11.6 Å². The highest BCUT2D eigenvalue weighted by Crippen LogP contribution is 2.23.